The fraction of sp³-hybridized carbons (Fsp3) is 0.368. The van der Waals surface area contributed by atoms with E-state index >= 15 is 0 Å². The van der Waals surface area contributed by atoms with Crippen LogP contribution in [0.25, 0.3) is 0 Å². The molecule has 0 heterocycles. The SMILES string of the molecule is CC1c2cc(F)ccc2Cc2ccccc2C1CC(O)CO. The smallest absolute Gasteiger partial charge is 0.123 e. The molecule has 0 saturated carbocycles. The van der Waals surface area contributed by atoms with Gasteiger partial charge in [0.15, 0.2) is 0 Å². The van der Waals surface area contributed by atoms with Crippen LogP contribution in [0.3, 0.4) is 0 Å². The highest BCUT2D eigenvalue weighted by Gasteiger charge is 2.30. The molecule has 3 rings (SSSR count). The Morgan fingerprint density at radius 3 is 2.64 bits per heavy atom. The van der Waals surface area contributed by atoms with Crippen LogP contribution in [0.1, 0.15) is 47.4 Å². The van der Waals surface area contributed by atoms with Crippen molar-refractivity contribution in [2.24, 2.45) is 0 Å². The monoisotopic (exact) mass is 300 g/mol. The maximum atomic E-state index is 13.7. The Balaban J connectivity index is 2.11. The van der Waals surface area contributed by atoms with Crippen LogP contribution in [0.4, 0.5) is 4.39 Å². The zero-order valence-corrected chi connectivity index (χ0v) is 12.7. The molecule has 0 fully saturated rings. The van der Waals surface area contributed by atoms with Crippen molar-refractivity contribution in [3.63, 3.8) is 0 Å². The molecule has 0 saturated heterocycles. The first-order valence-electron chi connectivity index (χ1n) is 7.75. The van der Waals surface area contributed by atoms with Crippen LogP contribution in [0.2, 0.25) is 0 Å². The highest BCUT2D eigenvalue weighted by molar-refractivity contribution is 5.45. The van der Waals surface area contributed by atoms with Gasteiger partial charge in [0, 0.05) is 0 Å². The first-order chi connectivity index (χ1) is 10.6. The number of rotatable bonds is 3. The fourth-order valence-electron chi connectivity index (χ4n) is 3.60. The summed E-state index contributed by atoms with van der Waals surface area (Å²) < 4.78 is 13.7. The van der Waals surface area contributed by atoms with Crippen molar-refractivity contribution in [2.75, 3.05) is 6.61 Å². The summed E-state index contributed by atoms with van der Waals surface area (Å²) in [5.74, 6) is -0.0602. The van der Waals surface area contributed by atoms with Crippen LogP contribution in [-0.4, -0.2) is 22.9 Å². The minimum Gasteiger partial charge on any atom is -0.394 e. The molecule has 2 aromatic rings. The maximum Gasteiger partial charge on any atom is 0.123 e. The Labute approximate surface area is 130 Å². The van der Waals surface area contributed by atoms with Crippen molar-refractivity contribution in [1.82, 2.24) is 0 Å². The molecule has 116 valence electrons. The number of hydrogen-bond acceptors (Lipinski definition) is 2. The van der Waals surface area contributed by atoms with E-state index < -0.39 is 6.10 Å². The minimum absolute atomic E-state index is 0.0707. The molecule has 0 spiro atoms. The van der Waals surface area contributed by atoms with Gasteiger partial charge in [-0.1, -0.05) is 37.3 Å². The van der Waals surface area contributed by atoms with Gasteiger partial charge in [-0.25, -0.2) is 4.39 Å². The van der Waals surface area contributed by atoms with Gasteiger partial charge in [-0.2, -0.15) is 0 Å². The zero-order chi connectivity index (χ0) is 15.7. The Hall–Kier alpha value is -1.71. The summed E-state index contributed by atoms with van der Waals surface area (Å²) in [6.45, 7) is 1.83. The molecule has 22 heavy (non-hydrogen) atoms. The van der Waals surface area contributed by atoms with E-state index in [4.69, 9.17) is 0 Å². The number of hydrogen-bond donors (Lipinski definition) is 2. The van der Waals surface area contributed by atoms with Crippen molar-refractivity contribution < 1.29 is 14.6 Å². The predicted octanol–water partition coefficient (Wildman–Crippen LogP) is 3.36. The van der Waals surface area contributed by atoms with Crippen LogP contribution >= 0.6 is 0 Å². The van der Waals surface area contributed by atoms with E-state index in [9.17, 15) is 14.6 Å². The predicted molar refractivity (Wildman–Crippen MR) is 84.5 cm³/mol. The van der Waals surface area contributed by atoms with Crippen LogP contribution in [-0.2, 0) is 6.42 Å². The van der Waals surface area contributed by atoms with E-state index in [1.54, 1.807) is 6.07 Å². The van der Waals surface area contributed by atoms with Crippen LogP contribution < -0.4 is 0 Å². The van der Waals surface area contributed by atoms with E-state index in [1.165, 1.54) is 17.2 Å². The van der Waals surface area contributed by atoms with Gasteiger partial charge in [-0.05, 0) is 59.1 Å². The minimum atomic E-state index is -0.754. The molecule has 0 aromatic heterocycles. The maximum absolute atomic E-state index is 13.7. The third-order valence-corrected chi connectivity index (χ3v) is 4.77. The lowest BCUT2D eigenvalue weighted by atomic mass is 9.79. The van der Waals surface area contributed by atoms with Gasteiger partial charge in [0.1, 0.15) is 5.82 Å². The van der Waals surface area contributed by atoms with E-state index in [-0.39, 0.29) is 24.3 Å². The molecular formula is C19H21FO2. The molecular weight excluding hydrogens is 279 g/mol. The lowest BCUT2D eigenvalue weighted by Gasteiger charge is -2.26. The van der Waals surface area contributed by atoms with E-state index in [1.807, 2.05) is 18.2 Å². The quantitative estimate of drug-likeness (QED) is 0.912. The second-order valence-corrected chi connectivity index (χ2v) is 6.19. The first-order valence-corrected chi connectivity index (χ1v) is 7.75. The van der Waals surface area contributed by atoms with Gasteiger partial charge in [-0.3, -0.25) is 0 Å². The molecule has 0 radical (unpaired) electrons. The third kappa shape index (κ3) is 2.79. The topological polar surface area (TPSA) is 40.5 Å². The summed E-state index contributed by atoms with van der Waals surface area (Å²) in [6.07, 6.45) is 0.502. The number of aliphatic hydroxyl groups is 2. The zero-order valence-electron chi connectivity index (χ0n) is 12.7. The molecule has 2 N–H and O–H groups in total. The van der Waals surface area contributed by atoms with E-state index in [0.29, 0.717) is 6.42 Å². The van der Waals surface area contributed by atoms with Gasteiger partial charge in [0.25, 0.3) is 0 Å². The second-order valence-electron chi connectivity index (χ2n) is 6.19. The first kappa shape index (κ1) is 15.2. The summed E-state index contributed by atoms with van der Waals surface area (Å²) in [5, 5.41) is 19.1. The van der Waals surface area contributed by atoms with Crippen molar-refractivity contribution in [2.45, 2.75) is 37.7 Å². The molecule has 1 aliphatic carbocycles. The third-order valence-electron chi connectivity index (χ3n) is 4.77. The van der Waals surface area contributed by atoms with Gasteiger partial charge in [0.05, 0.1) is 12.7 Å². The number of fused-ring (bicyclic) bond motifs is 2. The number of aliphatic hydroxyl groups excluding tert-OH is 2. The largest absolute Gasteiger partial charge is 0.394 e. The van der Waals surface area contributed by atoms with Crippen molar-refractivity contribution in [1.29, 1.82) is 0 Å². The number of benzene rings is 2. The Bertz CT molecular complexity index is 668. The molecule has 0 amide bonds. The lowest BCUT2D eigenvalue weighted by molar-refractivity contribution is 0.0801. The Kier molecular flexibility index (Phi) is 4.27. The van der Waals surface area contributed by atoms with Crippen molar-refractivity contribution in [3.05, 3.63) is 70.5 Å². The number of halogens is 1. The normalized spacial score (nSPS) is 21.6. The summed E-state index contributed by atoms with van der Waals surface area (Å²) in [6, 6.07) is 13.2. The molecule has 1 aliphatic rings. The molecule has 0 aliphatic heterocycles. The van der Waals surface area contributed by atoms with Gasteiger partial charge in [-0.15, -0.1) is 0 Å². The second kappa shape index (κ2) is 6.19. The molecule has 2 nitrogen and oxygen atoms in total. The molecule has 3 atom stereocenters. The average molecular weight is 300 g/mol. The lowest BCUT2D eigenvalue weighted by Crippen LogP contribution is -2.20. The van der Waals surface area contributed by atoms with Crippen LogP contribution in [0.15, 0.2) is 42.5 Å². The summed E-state index contributed by atoms with van der Waals surface area (Å²) in [7, 11) is 0. The summed E-state index contributed by atoms with van der Waals surface area (Å²) in [4.78, 5) is 0. The Morgan fingerprint density at radius 2 is 1.86 bits per heavy atom. The standard InChI is InChI=1S/C19H21FO2/c1-12-18-9-15(20)7-6-14(18)8-13-4-2-3-5-17(13)19(12)10-16(22)11-21/h2-7,9,12,16,19,21-22H,8,10-11H2,1H3. The van der Waals surface area contributed by atoms with Crippen LogP contribution in [0, 0.1) is 5.82 Å². The van der Waals surface area contributed by atoms with Gasteiger partial charge in [0.2, 0.25) is 0 Å². The van der Waals surface area contributed by atoms with Crippen molar-refractivity contribution in [3.8, 4) is 0 Å². The molecule has 0 bridgehead atoms. The highest BCUT2D eigenvalue weighted by Crippen LogP contribution is 2.42. The summed E-state index contributed by atoms with van der Waals surface area (Å²) in [5.41, 5.74) is 4.56. The van der Waals surface area contributed by atoms with Gasteiger partial charge < -0.3 is 10.2 Å². The molecule has 3 unspecified atom stereocenters. The molecule has 2 aromatic carbocycles. The van der Waals surface area contributed by atoms with Gasteiger partial charge >= 0.3 is 0 Å². The highest BCUT2D eigenvalue weighted by atomic mass is 19.1. The van der Waals surface area contributed by atoms with Crippen LogP contribution in [0.5, 0.6) is 0 Å². The fourth-order valence-corrected chi connectivity index (χ4v) is 3.60. The van der Waals surface area contributed by atoms with E-state index in [2.05, 4.69) is 19.1 Å². The van der Waals surface area contributed by atoms with Crippen molar-refractivity contribution >= 4 is 0 Å². The van der Waals surface area contributed by atoms with E-state index in [0.717, 1.165) is 17.5 Å². The molecule has 3 heteroatoms. The Morgan fingerprint density at radius 1 is 1.14 bits per heavy atom. The average Bonchev–Trinajstić information content (AvgIpc) is 2.64. The summed E-state index contributed by atoms with van der Waals surface area (Å²) >= 11 is 0.